The third kappa shape index (κ3) is 3.48. The fourth-order valence-electron chi connectivity index (χ4n) is 2.86. The molecule has 4 N–H and O–H groups in total. The van der Waals surface area contributed by atoms with Gasteiger partial charge in [0.15, 0.2) is 0 Å². The van der Waals surface area contributed by atoms with Gasteiger partial charge in [0, 0.05) is 38.4 Å². The molecule has 3 rings (SSSR count). The van der Waals surface area contributed by atoms with Gasteiger partial charge in [0.25, 0.3) is 0 Å². The monoisotopic (exact) mass is 310 g/mol. The number of nitrogens with two attached hydrogens (primary N) is 2. The number of benzene rings is 1. The van der Waals surface area contributed by atoms with Crippen LogP contribution in [0.4, 0.5) is 11.4 Å². The van der Waals surface area contributed by atoms with E-state index in [1.54, 1.807) is 12.1 Å². The van der Waals surface area contributed by atoms with Gasteiger partial charge in [0.1, 0.15) is 4.90 Å². The van der Waals surface area contributed by atoms with Crippen molar-refractivity contribution in [1.29, 1.82) is 0 Å². The summed E-state index contributed by atoms with van der Waals surface area (Å²) >= 11 is 0. The van der Waals surface area contributed by atoms with E-state index in [9.17, 15) is 8.42 Å². The lowest BCUT2D eigenvalue weighted by Crippen LogP contribution is -2.47. The normalized spacial score (nSPS) is 20.7. The Kier molecular flexibility index (Phi) is 3.81. The molecular weight excluding hydrogens is 288 g/mol. The lowest BCUT2D eigenvalue weighted by molar-refractivity contribution is 0.248. The summed E-state index contributed by atoms with van der Waals surface area (Å²) in [6.45, 7) is 4.74. The van der Waals surface area contributed by atoms with E-state index in [2.05, 4.69) is 9.80 Å². The first-order valence-electron chi connectivity index (χ1n) is 7.33. The Morgan fingerprint density at radius 2 is 1.81 bits per heavy atom. The van der Waals surface area contributed by atoms with Gasteiger partial charge in [-0.05, 0) is 37.0 Å². The van der Waals surface area contributed by atoms with Crippen LogP contribution in [0.1, 0.15) is 12.8 Å². The van der Waals surface area contributed by atoms with Crippen molar-refractivity contribution < 1.29 is 8.42 Å². The van der Waals surface area contributed by atoms with E-state index in [1.807, 2.05) is 0 Å². The maximum Gasteiger partial charge on any atom is 0.240 e. The molecule has 0 amide bonds. The van der Waals surface area contributed by atoms with Crippen LogP contribution < -0.4 is 15.8 Å². The number of nitrogen functional groups attached to an aromatic ring is 1. The zero-order valence-electron chi connectivity index (χ0n) is 12.0. The van der Waals surface area contributed by atoms with Crippen molar-refractivity contribution in [1.82, 2.24) is 4.90 Å². The molecule has 2 fully saturated rings. The lowest BCUT2D eigenvalue weighted by Gasteiger charge is -2.36. The molecule has 1 aliphatic heterocycles. The van der Waals surface area contributed by atoms with E-state index in [0.29, 0.717) is 11.4 Å². The largest absolute Gasteiger partial charge is 0.399 e. The molecule has 1 heterocycles. The van der Waals surface area contributed by atoms with Crippen molar-refractivity contribution in [2.45, 2.75) is 17.7 Å². The molecule has 0 atom stereocenters. The Hall–Kier alpha value is -1.31. The highest BCUT2D eigenvalue weighted by Gasteiger charge is 2.27. The summed E-state index contributed by atoms with van der Waals surface area (Å²) in [6.07, 6.45) is 2.71. The fraction of sp³-hybridized carbons (Fsp3) is 0.571. The molecule has 2 aliphatic rings. The molecule has 1 aliphatic carbocycles. The van der Waals surface area contributed by atoms with E-state index in [1.165, 1.54) is 25.5 Å². The maximum atomic E-state index is 11.8. The molecule has 0 spiro atoms. The number of nitrogens with zero attached hydrogens (tertiary/aromatic N) is 2. The Morgan fingerprint density at radius 3 is 2.38 bits per heavy atom. The summed E-state index contributed by atoms with van der Waals surface area (Å²) in [5.74, 6) is 0.882. The van der Waals surface area contributed by atoms with Crippen molar-refractivity contribution in [3.05, 3.63) is 18.2 Å². The average Bonchev–Trinajstić information content (AvgIpc) is 3.23. The molecule has 1 saturated heterocycles. The Labute approximate surface area is 125 Å². The summed E-state index contributed by atoms with van der Waals surface area (Å²) in [5.41, 5.74) is 6.77. The maximum absolute atomic E-state index is 11.8. The van der Waals surface area contributed by atoms with E-state index in [4.69, 9.17) is 10.9 Å². The van der Waals surface area contributed by atoms with E-state index < -0.39 is 10.0 Å². The fourth-order valence-corrected chi connectivity index (χ4v) is 3.65. The van der Waals surface area contributed by atoms with Crippen LogP contribution in [0.3, 0.4) is 0 Å². The van der Waals surface area contributed by atoms with Gasteiger partial charge < -0.3 is 10.6 Å². The number of anilines is 2. The van der Waals surface area contributed by atoms with Crippen LogP contribution in [-0.2, 0) is 10.0 Å². The third-order valence-electron chi connectivity index (χ3n) is 4.22. The molecule has 0 radical (unpaired) electrons. The molecule has 0 bridgehead atoms. The molecular formula is C14H22N4O2S. The minimum Gasteiger partial charge on any atom is -0.399 e. The van der Waals surface area contributed by atoms with Gasteiger partial charge in [0.2, 0.25) is 10.0 Å². The number of hydrogen-bond acceptors (Lipinski definition) is 5. The minimum absolute atomic E-state index is 0.123. The standard InChI is InChI=1S/C14H22N4O2S/c15-12-3-4-13(14(9-12)21(16,19)20)18-7-5-17(6-8-18)10-11-1-2-11/h3-4,9,11H,1-2,5-8,10,15H2,(H2,16,19,20). The topological polar surface area (TPSA) is 92.7 Å². The summed E-state index contributed by atoms with van der Waals surface area (Å²) < 4.78 is 23.5. The van der Waals surface area contributed by atoms with Gasteiger partial charge in [-0.1, -0.05) is 0 Å². The number of piperazine rings is 1. The van der Waals surface area contributed by atoms with Crippen LogP contribution in [0.2, 0.25) is 0 Å². The quantitative estimate of drug-likeness (QED) is 0.788. The first-order valence-corrected chi connectivity index (χ1v) is 8.88. The van der Waals surface area contributed by atoms with Crippen molar-refractivity contribution >= 4 is 21.4 Å². The van der Waals surface area contributed by atoms with Crippen molar-refractivity contribution in [3.63, 3.8) is 0 Å². The minimum atomic E-state index is -3.76. The van der Waals surface area contributed by atoms with Crippen molar-refractivity contribution in [3.8, 4) is 0 Å². The van der Waals surface area contributed by atoms with E-state index in [0.717, 1.165) is 32.1 Å². The zero-order valence-corrected chi connectivity index (χ0v) is 12.8. The SMILES string of the molecule is Nc1ccc(N2CCN(CC3CC3)CC2)c(S(N)(=O)=O)c1. The zero-order chi connectivity index (χ0) is 15.0. The highest BCUT2D eigenvalue weighted by atomic mass is 32.2. The van der Waals surface area contributed by atoms with Crippen molar-refractivity contribution in [2.24, 2.45) is 11.1 Å². The molecule has 1 aromatic rings. The third-order valence-corrected chi connectivity index (χ3v) is 5.16. The number of sulfonamides is 1. The molecule has 0 aromatic heterocycles. The Bertz CT molecular complexity index is 620. The van der Waals surface area contributed by atoms with Gasteiger partial charge >= 0.3 is 0 Å². The second-order valence-electron chi connectivity index (χ2n) is 6.00. The molecule has 0 unspecified atom stereocenters. The average molecular weight is 310 g/mol. The van der Waals surface area contributed by atoms with Crippen LogP contribution in [0.15, 0.2) is 23.1 Å². The Balaban J connectivity index is 1.75. The molecule has 7 heteroatoms. The molecule has 116 valence electrons. The highest BCUT2D eigenvalue weighted by molar-refractivity contribution is 7.89. The van der Waals surface area contributed by atoms with Gasteiger partial charge in [-0.15, -0.1) is 0 Å². The summed E-state index contributed by atoms with van der Waals surface area (Å²) in [4.78, 5) is 4.67. The summed E-state index contributed by atoms with van der Waals surface area (Å²) in [7, 11) is -3.76. The highest BCUT2D eigenvalue weighted by Crippen LogP contribution is 2.31. The number of primary sulfonamides is 1. The van der Waals surface area contributed by atoms with Gasteiger partial charge in [0.05, 0.1) is 5.69 Å². The second-order valence-corrected chi connectivity index (χ2v) is 7.53. The molecule has 1 saturated carbocycles. The van der Waals surface area contributed by atoms with Crippen molar-refractivity contribution in [2.75, 3.05) is 43.4 Å². The molecule has 21 heavy (non-hydrogen) atoms. The molecule has 1 aromatic carbocycles. The van der Waals surface area contributed by atoms with E-state index in [-0.39, 0.29) is 4.90 Å². The van der Waals surface area contributed by atoms with Crippen LogP contribution in [-0.4, -0.2) is 46.0 Å². The number of hydrogen-bond donors (Lipinski definition) is 2. The van der Waals surface area contributed by atoms with E-state index >= 15 is 0 Å². The van der Waals surface area contributed by atoms with Crippen LogP contribution in [0.5, 0.6) is 0 Å². The van der Waals surface area contributed by atoms with Crippen LogP contribution in [0, 0.1) is 5.92 Å². The summed E-state index contributed by atoms with van der Waals surface area (Å²) in [6, 6.07) is 4.92. The predicted molar refractivity (Wildman–Crippen MR) is 83.6 cm³/mol. The summed E-state index contributed by atoms with van der Waals surface area (Å²) in [5, 5.41) is 5.31. The first kappa shape index (κ1) is 14.6. The van der Waals surface area contributed by atoms with Gasteiger partial charge in [-0.2, -0.15) is 0 Å². The van der Waals surface area contributed by atoms with Gasteiger partial charge in [-0.25, -0.2) is 13.6 Å². The Morgan fingerprint density at radius 1 is 1.14 bits per heavy atom. The smallest absolute Gasteiger partial charge is 0.240 e. The predicted octanol–water partition coefficient (Wildman–Crippen LogP) is 0.448. The lowest BCUT2D eigenvalue weighted by atomic mass is 10.2. The van der Waals surface area contributed by atoms with Crippen LogP contribution >= 0.6 is 0 Å². The van der Waals surface area contributed by atoms with Crippen LogP contribution in [0.25, 0.3) is 0 Å². The van der Waals surface area contributed by atoms with Gasteiger partial charge in [-0.3, -0.25) is 4.90 Å². The molecule has 6 nitrogen and oxygen atoms in total. The second kappa shape index (κ2) is 5.47. The first-order chi connectivity index (χ1) is 9.93. The number of rotatable bonds is 4.